The zero-order chi connectivity index (χ0) is 40.1. The van der Waals surface area contributed by atoms with Gasteiger partial charge in [0.05, 0.1) is 40.5 Å². The lowest BCUT2D eigenvalue weighted by molar-refractivity contribution is -0.274. The van der Waals surface area contributed by atoms with Crippen LogP contribution in [-0.4, -0.2) is 63.4 Å². The molecule has 8 rings (SSSR count). The number of nitrogens with zero attached hydrogens (tertiary/aromatic N) is 4. The maximum atomic E-state index is 14.3. The third-order valence-electron chi connectivity index (χ3n) is 10.3. The lowest BCUT2D eigenvalue weighted by Gasteiger charge is -2.36. The van der Waals surface area contributed by atoms with Gasteiger partial charge in [0.15, 0.2) is 0 Å². The van der Waals surface area contributed by atoms with Crippen molar-refractivity contribution < 1.29 is 50.2 Å². The third-order valence-corrected chi connectivity index (χ3v) is 10.9. The number of carbonyl (C=O) groups is 3. The first-order valence-corrected chi connectivity index (χ1v) is 18.0. The Labute approximate surface area is 324 Å². The molecule has 4 aromatic rings. The standard InChI is InChI=1S/C19H16ClF2N3O3.C18H14ClF4N3O2/c1-28-18(26)12-7-15(14(21)8-13(12)20)24-19(27)25-9-2-3-16(25)10-4-5-23-17(22)11(10)6-9;19-13-7-9(1-4-15(13)28-18(21,22)23)25-17(27)26-10-2-3-14(26)11-5-6-24-16(20)12(11)8-10/h4-5,7-9,16H,2-3,6H2,1H3,(H,24,27);1,4-7,10,14H,2-3,8H2,(H,25,27)/t9-,16+;10-,14+/m00/s1. The molecule has 4 bridgehead atoms. The van der Waals surface area contributed by atoms with Crippen molar-refractivity contribution in [2.24, 2.45) is 0 Å². The van der Waals surface area contributed by atoms with Gasteiger partial charge in [0, 0.05) is 41.3 Å². The van der Waals surface area contributed by atoms with Gasteiger partial charge in [-0.05, 0) is 92.1 Å². The minimum Gasteiger partial charge on any atom is -0.465 e. The number of hydrogen-bond donors (Lipinski definition) is 2. The van der Waals surface area contributed by atoms with Crippen LogP contribution in [0.15, 0.2) is 54.9 Å². The molecule has 4 atom stereocenters. The predicted octanol–water partition coefficient (Wildman–Crippen LogP) is 9.16. The summed E-state index contributed by atoms with van der Waals surface area (Å²) in [7, 11) is 1.18. The predicted molar refractivity (Wildman–Crippen MR) is 190 cm³/mol. The van der Waals surface area contributed by atoms with E-state index in [1.165, 1.54) is 31.6 Å². The van der Waals surface area contributed by atoms with E-state index in [-0.39, 0.29) is 51.2 Å². The number of halogens is 8. The van der Waals surface area contributed by atoms with Crippen molar-refractivity contribution in [3.05, 3.63) is 110 Å². The van der Waals surface area contributed by atoms with Crippen molar-refractivity contribution in [1.82, 2.24) is 19.8 Å². The molecule has 2 saturated heterocycles. The number of hydrogen-bond acceptors (Lipinski definition) is 7. The molecule has 0 saturated carbocycles. The van der Waals surface area contributed by atoms with Gasteiger partial charge in [-0.25, -0.2) is 28.7 Å². The molecule has 0 unspecified atom stereocenters. The number of nitrogens with one attached hydrogen (secondary N) is 2. The SMILES string of the molecule is COC(=O)c1cc(NC(=O)N2[C@H]3CC[C@@H]2c2ccnc(F)c2C3)c(F)cc1Cl.O=C(Nc1ccc(OC(F)(F)F)c(Cl)c1)N1[C@H]2CC[C@@H]1c1ccnc(F)c1C2. The first kappa shape index (κ1) is 39.0. The van der Waals surface area contributed by atoms with Crippen LogP contribution in [0.25, 0.3) is 0 Å². The van der Waals surface area contributed by atoms with Gasteiger partial charge in [-0.2, -0.15) is 8.78 Å². The first-order chi connectivity index (χ1) is 26.6. The Balaban J connectivity index is 0.000000172. The molecule has 2 aromatic carbocycles. The van der Waals surface area contributed by atoms with Crippen LogP contribution in [0.5, 0.6) is 5.75 Å². The zero-order valence-electron chi connectivity index (χ0n) is 29.1. The number of benzene rings is 2. The highest BCUT2D eigenvalue weighted by molar-refractivity contribution is 6.33. The van der Waals surface area contributed by atoms with Crippen molar-refractivity contribution in [3.63, 3.8) is 0 Å². The summed E-state index contributed by atoms with van der Waals surface area (Å²) in [6.45, 7) is 0. The molecule has 2 aromatic heterocycles. The average molecular weight is 824 g/mol. The molecule has 4 aliphatic rings. The number of aromatic nitrogens is 2. The number of carbonyl (C=O) groups excluding carboxylic acids is 3. The van der Waals surface area contributed by atoms with E-state index in [1.54, 1.807) is 21.9 Å². The smallest absolute Gasteiger partial charge is 0.465 e. The molecule has 4 amide bonds. The molecule has 19 heteroatoms. The lowest BCUT2D eigenvalue weighted by atomic mass is 9.95. The van der Waals surface area contributed by atoms with Crippen LogP contribution in [0.1, 0.15) is 70.4 Å². The fourth-order valence-electron chi connectivity index (χ4n) is 7.92. The second kappa shape index (κ2) is 15.3. The molecule has 0 radical (unpaired) electrons. The summed E-state index contributed by atoms with van der Waals surface area (Å²) in [5, 5.41) is 4.76. The van der Waals surface area contributed by atoms with Crippen molar-refractivity contribution in [2.75, 3.05) is 17.7 Å². The van der Waals surface area contributed by atoms with Crippen molar-refractivity contribution >= 4 is 52.6 Å². The fourth-order valence-corrected chi connectivity index (χ4v) is 8.36. The van der Waals surface area contributed by atoms with Crippen LogP contribution >= 0.6 is 23.2 Å². The Hall–Kier alpha value is -5.29. The number of rotatable bonds is 4. The van der Waals surface area contributed by atoms with Crippen molar-refractivity contribution in [3.8, 4) is 5.75 Å². The summed E-state index contributed by atoms with van der Waals surface area (Å²) in [6, 6.07) is 7.12. The Bertz CT molecular complexity index is 2230. The Morgan fingerprint density at radius 3 is 1.84 bits per heavy atom. The van der Waals surface area contributed by atoms with E-state index in [0.717, 1.165) is 35.7 Å². The van der Waals surface area contributed by atoms with Gasteiger partial charge in [0.1, 0.15) is 11.6 Å². The van der Waals surface area contributed by atoms with Crippen LogP contribution in [0.4, 0.5) is 47.3 Å². The van der Waals surface area contributed by atoms with Gasteiger partial charge in [0.25, 0.3) is 0 Å². The van der Waals surface area contributed by atoms with Gasteiger partial charge in [0.2, 0.25) is 11.9 Å². The summed E-state index contributed by atoms with van der Waals surface area (Å²) in [6.07, 6.45) is 1.45. The summed E-state index contributed by atoms with van der Waals surface area (Å²) >= 11 is 11.7. The number of amides is 4. The number of methoxy groups -OCH3 is 1. The molecule has 56 heavy (non-hydrogen) atoms. The molecule has 0 spiro atoms. The minimum atomic E-state index is -4.86. The molecule has 294 valence electrons. The molecule has 2 fully saturated rings. The topological polar surface area (TPSA) is 126 Å². The monoisotopic (exact) mass is 822 g/mol. The van der Waals surface area contributed by atoms with E-state index in [1.807, 2.05) is 0 Å². The number of urea groups is 2. The number of alkyl halides is 3. The summed E-state index contributed by atoms with van der Waals surface area (Å²) in [5.74, 6) is -3.09. The summed E-state index contributed by atoms with van der Waals surface area (Å²) in [4.78, 5) is 48.1. The quantitative estimate of drug-likeness (QED) is 0.120. The van der Waals surface area contributed by atoms with E-state index < -0.39 is 47.9 Å². The minimum absolute atomic E-state index is 0.0547. The van der Waals surface area contributed by atoms with E-state index in [0.29, 0.717) is 43.2 Å². The molecule has 6 heterocycles. The molecule has 0 aliphatic carbocycles. The van der Waals surface area contributed by atoms with Crippen LogP contribution in [0, 0.1) is 17.7 Å². The summed E-state index contributed by atoms with van der Waals surface area (Å²) < 4.78 is 87.7. The highest BCUT2D eigenvalue weighted by Crippen LogP contribution is 2.46. The molecule has 11 nitrogen and oxygen atoms in total. The van der Waals surface area contributed by atoms with Gasteiger partial charge in [-0.1, -0.05) is 23.2 Å². The second-order valence-electron chi connectivity index (χ2n) is 13.4. The lowest BCUT2D eigenvalue weighted by Crippen LogP contribution is -2.44. The van der Waals surface area contributed by atoms with Gasteiger partial charge >= 0.3 is 24.4 Å². The number of fused-ring (bicyclic) bond motifs is 8. The maximum absolute atomic E-state index is 14.3. The van der Waals surface area contributed by atoms with Gasteiger partial charge in [-0.3, -0.25) is 0 Å². The summed E-state index contributed by atoms with van der Waals surface area (Å²) in [5.41, 5.74) is 2.53. The number of esters is 1. The van der Waals surface area contributed by atoms with E-state index >= 15 is 0 Å². The molecule has 4 aliphatic heterocycles. The normalized spacial score (nSPS) is 20.3. The van der Waals surface area contributed by atoms with Crippen LogP contribution in [-0.2, 0) is 17.6 Å². The van der Waals surface area contributed by atoms with Crippen LogP contribution < -0.4 is 15.4 Å². The maximum Gasteiger partial charge on any atom is 0.573 e. The largest absolute Gasteiger partial charge is 0.573 e. The molecular formula is C37H30Cl2F6N6O5. The Morgan fingerprint density at radius 1 is 0.768 bits per heavy atom. The highest BCUT2D eigenvalue weighted by atomic mass is 35.5. The average Bonchev–Trinajstić information content (AvgIpc) is 3.64. The fraction of sp³-hybridized carbons (Fsp3) is 0.324. The third kappa shape index (κ3) is 7.61. The Kier molecular flexibility index (Phi) is 10.7. The van der Waals surface area contributed by atoms with Crippen LogP contribution in [0.2, 0.25) is 10.0 Å². The van der Waals surface area contributed by atoms with Crippen LogP contribution in [0.3, 0.4) is 0 Å². The Morgan fingerprint density at radius 2 is 1.32 bits per heavy atom. The number of anilines is 2. The van der Waals surface area contributed by atoms with Gasteiger partial charge in [-0.15, -0.1) is 13.2 Å². The first-order valence-electron chi connectivity index (χ1n) is 17.2. The van der Waals surface area contributed by atoms with E-state index in [9.17, 15) is 40.7 Å². The zero-order valence-corrected chi connectivity index (χ0v) is 30.6. The molecular weight excluding hydrogens is 793 g/mol. The highest BCUT2D eigenvalue weighted by Gasteiger charge is 2.45. The van der Waals surface area contributed by atoms with E-state index in [4.69, 9.17) is 23.2 Å². The number of ether oxygens (including phenoxy) is 2. The van der Waals surface area contributed by atoms with Crippen molar-refractivity contribution in [1.29, 1.82) is 0 Å². The molecule has 2 N–H and O–H groups in total. The second-order valence-corrected chi connectivity index (χ2v) is 14.2. The van der Waals surface area contributed by atoms with Gasteiger partial charge < -0.3 is 29.9 Å². The number of pyridine rings is 2. The van der Waals surface area contributed by atoms with E-state index in [2.05, 4.69) is 30.1 Å². The van der Waals surface area contributed by atoms with Crippen molar-refractivity contribution in [2.45, 2.75) is 69.1 Å².